The summed E-state index contributed by atoms with van der Waals surface area (Å²) in [5.41, 5.74) is 1.23. The zero-order valence-electron chi connectivity index (χ0n) is 19.3. The van der Waals surface area contributed by atoms with Crippen LogP contribution in [0, 0.1) is 5.82 Å². The van der Waals surface area contributed by atoms with Crippen LogP contribution in [-0.4, -0.2) is 52.7 Å². The van der Waals surface area contributed by atoms with E-state index < -0.39 is 17.3 Å². The van der Waals surface area contributed by atoms with Crippen LogP contribution < -0.4 is 25.8 Å². The van der Waals surface area contributed by atoms with Gasteiger partial charge in [0.05, 0.1) is 23.9 Å². The van der Waals surface area contributed by atoms with E-state index in [4.69, 9.17) is 4.74 Å². The number of nitrogens with zero attached hydrogens (tertiary/aromatic N) is 4. The van der Waals surface area contributed by atoms with Crippen molar-refractivity contribution in [2.75, 3.05) is 30.4 Å². The number of carbonyl (C=O) groups excluding carboxylic acids is 1. The fourth-order valence-corrected chi connectivity index (χ4v) is 4.63. The summed E-state index contributed by atoms with van der Waals surface area (Å²) in [5.74, 6) is -1.35. The predicted octanol–water partition coefficient (Wildman–Crippen LogP) is 2.71. The van der Waals surface area contributed by atoms with E-state index in [1.54, 1.807) is 12.3 Å². The molecule has 1 aliphatic carbocycles. The zero-order valence-corrected chi connectivity index (χ0v) is 19.3. The molecule has 2 aliphatic rings. The van der Waals surface area contributed by atoms with Gasteiger partial charge in [-0.25, -0.2) is 9.37 Å². The standard InChI is InChI=1S/C24H27FN6O3/c1-13-10-30(11-14(2)27-13)20-7-6-17(21-18(20)9-26-24(29-21)34-3)22(32)28-15-8-19(25)23(33)31(12-15)16-4-5-16/h6-9,12-14,16,27H,4-5,10-11H2,1-3H3,(H,28,32)/t13-,14+. The lowest BCUT2D eigenvalue weighted by Crippen LogP contribution is -2.54. The van der Waals surface area contributed by atoms with E-state index in [2.05, 4.69) is 39.3 Å². The number of piperazine rings is 1. The second kappa shape index (κ2) is 8.68. The Hall–Kier alpha value is -3.53. The van der Waals surface area contributed by atoms with Gasteiger partial charge in [0.1, 0.15) is 0 Å². The Kier molecular flexibility index (Phi) is 5.68. The summed E-state index contributed by atoms with van der Waals surface area (Å²) in [6, 6.07) is 5.40. The van der Waals surface area contributed by atoms with Crippen LogP contribution in [0.15, 0.2) is 35.4 Å². The van der Waals surface area contributed by atoms with E-state index in [1.807, 2.05) is 6.07 Å². The molecule has 0 radical (unpaired) electrons. The Balaban J connectivity index is 1.53. The van der Waals surface area contributed by atoms with Crippen molar-refractivity contribution in [3.8, 4) is 6.01 Å². The molecule has 3 heterocycles. The number of nitrogens with one attached hydrogen (secondary N) is 2. The van der Waals surface area contributed by atoms with Crippen molar-refractivity contribution < 1.29 is 13.9 Å². The number of halogens is 1. The molecule has 1 saturated heterocycles. The highest BCUT2D eigenvalue weighted by molar-refractivity contribution is 6.13. The number of methoxy groups -OCH3 is 1. The first-order valence-electron chi connectivity index (χ1n) is 11.4. The van der Waals surface area contributed by atoms with E-state index in [-0.39, 0.29) is 17.7 Å². The topological polar surface area (TPSA) is 101 Å². The Bertz CT molecular complexity index is 1310. The highest BCUT2D eigenvalue weighted by atomic mass is 19.1. The van der Waals surface area contributed by atoms with Gasteiger partial charge in [0.2, 0.25) is 0 Å². The fraction of sp³-hybridized carbons (Fsp3) is 0.417. The molecule has 2 aromatic heterocycles. The number of aromatic nitrogens is 3. The first kappa shape index (κ1) is 22.3. The molecule has 2 fully saturated rings. The Morgan fingerprint density at radius 2 is 1.97 bits per heavy atom. The van der Waals surface area contributed by atoms with Gasteiger partial charge in [0, 0.05) is 60.7 Å². The average molecular weight is 467 g/mol. The second-order valence-electron chi connectivity index (χ2n) is 9.10. The van der Waals surface area contributed by atoms with Crippen molar-refractivity contribution in [3.05, 3.63) is 52.3 Å². The fourth-order valence-electron chi connectivity index (χ4n) is 4.63. The van der Waals surface area contributed by atoms with E-state index in [9.17, 15) is 14.0 Å². The van der Waals surface area contributed by atoms with Crippen molar-refractivity contribution in [3.63, 3.8) is 0 Å². The van der Waals surface area contributed by atoms with E-state index in [0.717, 1.165) is 43.1 Å². The number of anilines is 2. The Morgan fingerprint density at radius 3 is 2.65 bits per heavy atom. The lowest BCUT2D eigenvalue weighted by atomic mass is 10.0. The van der Waals surface area contributed by atoms with Crippen LogP contribution in [0.4, 0.5) is 15.8 Å². The SMILES string of the molecule is COc1ncc2c(N3C[C@@H](C)N[C@@H](C)C3)ccc(C(=O)Nc3cc(F)c(=O)n(C4CC4)c3)c2n1. The van der Waals surface area contributed by atoms with Gasteiger partial charge in [-0.05, 0) is 38.8 Å². The lowest BCUT2D eigenvalue weighted by Gasteiger charge is -2.38. The third-order valence-corrected chi connectivity index (χ3v) is 6.23. The van der Waals surface area contributed by atoms with Crippen LogP contribution in [-0.2, 0) is 0 Å². The number of amides is 1. The van der Waals surface area contributed by atoms with Crippen LogP contribution in [0.1, 0.15) is 43.1 Å². The van der Waals surface area contributed by atoms with Gasteiger partial charge in [0.25, 0.3) is 11.5 Å². The summed E-state index contributed by atoms with van der Waals surface area (Å²) >= 11 is 0. The molecular weight excluding hydrogens is 439 g/mol. The molecular formula is C24H27FN6O3. The van der Waals surface area contributed by atoms with Gasteiger partial charge in [0.15, 0.2) is 5.82 Å². The number of benzene rings is 1. The van der Waals surface area contributed by atoms with Crippen LogP contribution in [0.5, 0.6) is 6.01 Å². The summed E-state index contributed by atoms with van der Waals surface area (Å²) in [6.45, 7) is 5.87. The van der Waals surface area contributed by atoms with E-state index >= 15 is 0 Å². The van der Waals surface area contributed by atoms with Crippen molar-refractivity contribution >= 4 is 28.2 Å². The smallest absolute Gasteiger partial charge is 0.316 e. The minimum absolute atomic E-state index is 0.0141. The summed E-state index contributed by atoms with van der Waals surface area (Å²) in [7, 11) is 1.47. The minimum Gasteiger partial charge on any atom is -0.467 e. The van der Waals surface area contributed by atoms with Gasteiger partial charge in [-0.2, -0.15) is 4.98 Å². The van der Waals surface area contributed by atoms with Gasteiger partial charge in [-0.15, -0.1) is 0 Å². The van der Waals surface area contributed by atoms with Crippen molar-refractivity contribution in [2.24, 2.45) is 0 Å². The maximum atomic E-state index is 14.2. The number of fused-ring (bicyclic) bond motifs is 1. The molecule has 1 aromatic carbocycles. The van der Waals surface area contributed by atoms with Crippen LogP contribution in [0.25, 0.3) is 10.9 Å². The van der Waals surface area contributed by atoms with Crippen molar-refractivity contribution in [1.82, 2.24) is 19.9 Å². The summed E-state index contributed by atoms with van der Waals surface area (Å²) in [6.07, 6.45) is 4.81. The van der Waals surface area contributed by atoms with E-state index in [1.165, 1.54) is 17.9 Å². The minimum atomic E-state index is -0.893. The molecule has 3 aromatic rings. The van der Waals surface area contributed by atoms with Crippen molar-refractivity contribution in [1.29, 1.82) is 0 Å². The quantitative estimate of drug-likeness (QED) is 0.596. The molecule has 1 aliphatic heterocycles. The van der Waals surface area contributed by atoms with Gasteiger partial charge >= 0.3 is 6.01 Å². The highest BCUT2D eigenvalue weighted by Crippen LogP contribution is 2.34. The number of carbonyl (C=O) groups is 1. The van der Waals surface area contributed by atoms with Gasteiger partial charge in [-0.3, -0.25) is 9.59 Å². The van der Waals surface area contributed by atoms with Gasteiger partial charge in [-0.1, -0.05) is 0 Å². The molecule has 2 N–H and O–H groups in total. The zero-order chi connectivity index (χ0) is 24.0. The molecule has 5 rings (SSSR count). The number of pyridine rings is 1. The van der Waals surface area contributed by atoms with Gasteiger partial charge < -0.3 is 24.8 Å². The monoisotopic (exact) mass is 466 g/mol. The van der Waals surface area contributed by atoms with E-state index in [0.29, 0.717) is 23.2 Å². The maximum Gasteiger partial charge on any atom is 0.316 e. The maximum absolute atomic E-state index is 14.2. The highest BCUT2D eigenvalue weighted by Gasteiger charge is 2.27. The number of ether oxygens (including phenoxy) is 1. The molecule has 34 heavy (non-hydrogen) atoms. The molecule has 9 nitrogen and oxygen atoms in total. The molecule has 1 amide bonds. The third kappa shape index (κ3) is 4.21. The van der Waals surface area contributed by atoms with Crippen LogP contribution in [0.3, 0.4) is 0 Å². The van der Waals surface area contributed by atoms with Crippen LogP contribution >= 0.6 is 0 Å². The molecule has 0 bridgehead atoms. The summed E-state index contributed by atoms with van der Waals surface area (Å²) in [5, 5.41) is 6.97. The number of hydrogen-bond acceptors (Lipinski definition) is 7. The summed E-state index contributed by atoms with van der Waals surface area (Å²) in [4.78, 5) is 36.3. The Morgan fingerprint density at radius 1 is 1.24 bits per heavy atom. The molecule has 0 spiro atoms. The summed E-state index contributed by atoms with van der Waals surface area (Å²) < 4.78 is 20.8. The molecule has 1 saturated carbocycles. The molecule has 0 unspecified atom stereocenters. The average Bonchev–Trinajstić information content (AvgIpc) is 3.64. The second-order valence-corrected chi connectivity index (χ2v) is 9.10. The normalized spacial score (nSPS) is 20.4. The first-order valence-corrected chi connectivity index (χ1v) is 11.4. The lowest BCUT2D eigenvalue weighted by molar-refractivity contribution is 0.102. The number of hydrogen-bond donors (Lipinski definition) is 2. The Labute approximate surface area is 196 Å². The molecule has 178 valence electrons. The third-order valence-electron chi connectivity index (χ3n) is 6.23. The molecule has 2 atom stereocenters. The van der Waals surface area contributed by atoms with Crippen LogP contribution in [0.2, 0.25) is 0 Å². The predicted molar refractivity (Wildman–Crippen MR) is 127 cm³/mol. The first-order chi connectivity index (χ1) is 16.3. The number of rotatable bonds is 5. The van der Waals surface area contributed by atoms with Crippen molar-refractivity contribution in [2.45, 2.75) is 44.8 Å². The largest absolute Gasteiger partial charge is 0.467 e. The molecule has 10 heteroatoms.